The number of benzene rings is 2. The number of hydrogen-bond donors (Lipinski definition) is 3. The van der Waals surface area contributed by atoms with Crippen LogP contribution in [0.15, 0.2) is 24.3 Å². The monoisotopic (exact) mass is 346 g/mol. The predicted octanol–water partition coefficient (Wildman–Crippen LogP) is 2.25. The molecule has 0 bridgehead atoms. The summed E-state index contributed by atoms with van der Waals surface area (Å²) in [5.74, 6) is -1.13. The maximum atomic E-state index is 12.8. The van der Waals surface area contributed by atoms with Gasteiger partial charge in [0.1, 0.15) is 11.3 Å². The van der Waals surface area contributed by atoms with E-state index in [9.17, 15) is 20.1 Å². The molecule has 0 amide bonds. The third-order valence-corrected chi connectivity index (χ3v) is 4.17. The Morgan fingerprint density at radius 3 is 2.48 bits per heavy atom. The summed E-state index contributed by atoms with van der Waals surface area (Å²) in [4.78, 5) is 12.8. The van der Waals surface area contributed by atoms with Gasteiger partial charge in [-0.15, -0.1) is 0 Å². The van der Waals surface area contributed by atoms with Crippen LogP contribution in [0.4, 0.5) is 0 Å². The molecule has 0 saturated carbocycles. The maximum absolute atomic E-state index is 12.8. The summed E-state index contributed by atoms with van der Waals surface area (Å²) >= 11 is 0. The summed E-state index contributed by atoms with van der Waals surface area (Å²) in [7, 11) is 2.79. The van der Waals surface area contributed by atoms with Gasteiger partial charge in [-0.2, -0.15) is 0 Å². The van der Waals surface area contributed by atoms with Crippen molar-refractivity contribution in [3.05, 3.63) is 35.4 Å². The van der Waals surface area contributed by atoms with E-state index in [0.717, 1.165) is 11.6 Å². The molecule has 0 saturated heterocycles. The Hall–Kier alpha value is -3.09. The summed E-state index contributed by atoms with van der Waals surface area (Å²) in [5.41, 5.74) is 0.720. The van der Waals surface area contributed by atoms with Crippen molar-refractivity contribution in [3.63, 3.8) is 0 Å². The van der Waals surface area contributed by atoms with Gasteiger partial charge in [-0.05, 0) is 24.1 Å². The molecule has 0 aromatic heterocycles. The minimum absolute atomic E-state index is 0.0105. The van der Waals surface area contributed by atoms with E-state index >= 15 is 0 Å². The van der Waals surface area contributed by atoms with Gasteiger partial charge in [0.05, 0.1) is 26.7 Å². The highest BCUT2D eigenvalue weighted by Crippen LogP contribution is 2.47. The minimum Gasteiger partial charge on any atom is -0.507 e. The van der Waals surface area contributed by atoms with Crippen LogP contribution in [0.25, 0.3) is 0 Å². The number of Topliss-reactive ketones (excluding diaryl/α,β-unsaturated/α-hetero) is 1. The van der Waals surface area contributed by atoms with Crippen LogP contribution in [0.3, 0.4) is 0 Å². The van der Waals surface area contributed by atoms with Crippen molar-refractivity contribution in [2.75, 3.05) is 20.8 Å². The van der Waals surface area contributed by atoms with Crippen LogP contribution in [-0.2, 0) is 6.42 Å². The molecule has 2 aromatic rings. The second kappa shape index (κ2) is 6.43. The molecule has 25 heavy (non-hydrogen) atoms. The molecule has 0 fully saturated rings. The summed E-state index contributed by atoms with van der Waals surface area (Å²) in [6.07, 6.45) is 0.318. The first-order valence-corrected chi connectivity index (χ1v) is 7.62. The van der Waals surface area contributed by atoms with Gasteiger partial charge in [0.15, 0.2) is 28.8 Å². The van der Waals surface area contributed by atoms with Crippen molar-refractivity contribution in [1.82, 2.24) is 0 Å². The quantitative estimate of drug-likeness (QED) is 0.780. The summed E-state index contributed by atoms with van der Waals surface area (Å²) in [6.45, 7) is 0.0673. The number of hydrogen-bond acceptors (Lipinski definition) is 7. The molecule has 3 N–H and O–H groups in total. The number of phenols is 3. The van der Waals surface area contributed by atoms with E-state index < -0.39 is 5.92 Å². The predicted molar refractivity (Wildman–Crippen MR) is 88.0 cm³/mol. The number of carbonyl (C=O) groups excluding carboxylic acids is 1. The number of carbonyl (C=O) groups is 1. The Bertz CT molecular complexity index is 829. The van der Waals surface area contributed by atoms with Crippen LogP contribution in [0.2, 0.25) is 0 Å². The fourth-order valence-electron chi connectivity index (χ4n) is 2.95. The average Bonchev–Trinajstić information content (AvgIpc) is 2.57. The van der Waals surface area contributed by atoms with Gasteiger partial charge in [-0.1, -0.05) is 6.07 Å². The molecule has 1 aliphatic heterocycles. The molecule has 1 atom stereocenters. The highest BCUT2D eigenvalue weighted by atomic mass is 16.5. The fraction of sp³-hybridized carbons (Fsp3) is 0.278. The van der Waals surface area contributed by atoms with Gasteiger partial charge in [0.2, 0.25) is 5.75 Å². The first-order chi connectivity index (χ1) is 12.0. The summed E-state index contributed by atoms with van der Waals surface area (Å²) in [5, 5.41) is 29.7. The van der Waals surface area contributed by atoms with Gasteiger partial charge < -0.3 is 29.5 Å². The number of methoxy groups -OCH3 is 2. The zero-order valence-corrected chi connectivity index (χ0v) is 13.8. The van der Waals surface area contributed by atoms with Crippen molar-refractivity contribution in [1.29, 1.82) is 0 Å². The summed E-state index contributed by atoms with van der Waals surface area (Å²) in [6, 6.07) is 5.95. The van der Waals surface area contributed by atoms with Crippen LogP contribution in [0.1, 0.15) is 15.9 Å². The van der Waals surface area contributed by atoms with Crippen molar-refractivity contribution >= 4 is 5.78 Å². The molecule has 1 heterocycles. The fourth-order valence-corrected chi connectivity index (χ4v) is 2.95. The zero-order valence-electron chi connectivity index (χ0n) is 13.8. The molecule has 3 rings (SSSR count). The molecule has 0 spiro atoms. The second-order valence-electron chi connectivity index (χ2n) is 5.73. The van der Waals surface area contributed by atoms with Crippen LogP contribution >= 0.6 is 0 Å². The molecular formula is C18H18O7. The lowest BCUT2D eigenvalue weighted by atomic mass is 9.88. The Labute approximate surface area is 144 Å². The first-order valence-electron chi connectivity index (χ1n) is 7.62. The average molecular weight is 346 g/mol. The smallest absolute Gasteiger partial charge is 0.204 e. The third-order valence-electron chi connectivity index (χ3n) is 4.17. The van der Waals surface area contributed by atoms with Crippen LogP contribution in [-0.4, -0.2) is 41.9 Å². The number of ether oxygens (including phenoxy) is 3. The topological polar surface area (TPSA) is 105 Å². The van der Waals surface area contributed by atoms with Gasteiger partial charge in [0.25, 0.3) is 0 Å². The van der Waals surface area contributed by atoms with Crippen LogP contribution in [0.5, 0.6) is 34.5 Å². The lowest BCUT2D eigenvalue weighted by molar-refractivity contribution is 0.0820. The SMILES string of the molecule is COc1ccc(C[C@@H]2COc3c(OC)c(O)cc(O)c3C2=O)cc1O. The second-order valence-corrected chi connectivity index (χ2v) is 5.73. The van der Waals surface area contributed by atoms with Crippen LogP contribution in [0, 0.1) is 5.92 Å². The van der Waals surface area contributed by atoms with Crippen molar-refractivity contribution < 1.29 is 34.3 Å². The normalized spacial score (nSPS) is 16.1. The molecule has 2 aromatic carbocycles. The highest BCUT2D eigenvalue weighted by molar-refractivity contribution is 6.05. The van der Waals surface area contributed by atoms with Gasteiger partial charge >= 0.3 is 0 Å². The molecule has 7 heteroatoms. The Kier molecular flexibility index (Phi) is 4.31. The standard InChI is InChI=1S/C18H18O7/c1-23-14-4-3-9(6-11(14)19)5-10-8-25-18-15(16(10)22)12(20)7-13(21)17(18)24-2/h3-4,6-7,10,19-21H,5,8H2,1-2H3/t10-/m1/s1. The van der Waals surface area contributed by atoms with Crippen molar-refractivity contribution in [3.8, 4) is 34.5 Å². The molecular weight excluding hydrogens is 328 g/mol. The Balaban J connectivity index is 1.91. The molecule has 132 valence electrons. The maximum Gasteiger partial charge on any atom is 0.204 e. The first kappa shape index (κ1) is 16.8. The van der Waals surface area contributed by atoms with E-state index in [-0.39, 0.29) is 46.7 Å². The molecule has 0 aliphatic carbocycles. The van der Waals surface area contributed by atoms with E-state index in [2.05, 4.69) is 0 Å². The van der Waals surface area contributed by atoms with E-state index in [1.54, 1.807) is 12.1 Å². The molecule has 1 aliphatic rings. The number of aromatic hydroxyl groups is 3. The number of fused-ring (bicyclic) bond motifs is 1. The van der Waals surface area contributed by atoms with Gasteiger partial charge in [-0.3, -0.25) is 4.79 Å². The zero-order chi connectivity index (χ0) is 18.1. The minimum atomic E-state index is -0.541. The molecule has 7 nitrogen and oxygen atoms in total. The summed E-state index contributed by atoms with van der Waals surface area (Å²) < 4.78 is 15.6. The van der Waals surface area contributed by atoms with Gasteiger partial charge in [0, 0.05) is 6.07 Å². The van der Waals surface area contributed by atoms with Crippen molar-refractivity contribution in [2.45, 2.75) is 6.42 Å². The van der Waals surface area contributed by atoms with Crippen LogP contribution < -0.4 is 14.2 Å². The highest BCUT2D eigenvalue weighted by Gasteiger charge is 2.35. The van der Waals surface area contributed by atoms with E-state index in [0.29, 0.717) is 12.2 Å². The van der Waals surface area contributed by atoms with Crippen molar-refractivity contribution in [2.24, 2.45) is 5.92 Å². The van der Waals surface area contributed by atoms with E-state index in [1.165, 1.54) is 20.3 Å². The Morgan fingerprint density at radius 2 is 1.84 bits per heavy atom. The Morgan fingerprint density at radius 1 is 1.08 bits per heavy atom. The molecule has 0 unspecified atom stereocenters. The number of rotatable bonds is 4. The largest absolute Gasteiger partial charge is 0.507 e. The number of phenolic OH excluding ortho intramolecular Hbond substituents is 3. The van der Waals surface area contributed by atoms with Gasteiger partial charge in [-0.25, -0.2) is 0 Å². The van der Waals surface area contributed by atoms with E-state index in [4.69, 9.17) is 14.2 Å². The van der Waals surface area contributed by atoms with E-state index in [1.807, 2.05) is 0 Å². The number of ketones is 1. The third kappa shape index (κ3) is 2.88. The lowest BCUT2D eigenvalue weighted by Gasteiger charge is -2.26. The molecule has 0 radical (unpaired) electrons. The lowest BCUT2D eigenvalue weighted by Crippen LogP contribution is -2.30.